The number of rotatable bonds is 3. The van der Waals surface area contributed by atoms with Crippen molar-refractivity contribution in [2.45, 2.75) is 64.1 Å². The number of fused-ring (bicyclic) bond motifs is 4. The van der Waals surface area contributed by atoms with Crippen LogP contribution in [0.15, 0.2) is 59.6 Å². The molecule has 2 unspecified atom stereocenters. The molecule has 2 heterocycles. The van der Waals surface area contributed by atoms with E-state index in [-0.39, 0.29) is 53.7 Å². The number of aliphatic hydroxyl groups excluding tert-OH is 1. The molecule has 0 saturated heterocycles. The van der Waals surface area contributed by atoms with E-state index in [2.05, 4.69) is 42.2 Å². The Bertz CT molecular complexity index is 1270. The van der Waals surface area contributed by atoms with E-state index in [1.165, 1.54) is 18.1 Å². The number of hydrogen-bond donors (Lipinski definition) is 1. The molecule has 182 valence electrons. The Morgan fingerprint density at radius 3 is 2.94 bits per heavy atom. The molecule has 1 aromatic carbocycles. The molecule has 6 atom stereocenters. The number of aliphatic hydroxyl groups is 1. The molecular weight excluding hydrogens is 442 g/mol. The Labute approximate surface area is 205 Å². The minimum absolute atomic E-state index is 0.0131. The molecule has 1 N–H and O–H groups in total. The summed E-state index contributed by atoms with van der Waals surface area (Å²) in [5, 5.41) is 11.9. The fraction of sp³-hybridized carbons (Fsp3) is 0.483. The van der Waals surface area contributed by atoms with Crippen molar-refractivity contribution in [2.75, 3.05) is 6.61 Å². The van der Waals surface area contributed by atoms with Crippen molar-refractivity contribution < 1.29 is 24.2 Å². The number of nitrogens with zero attached hydrogens (tertiary/aromatic N) is 1. The summed E-state index contributed by atoms with van der Waals surface area (Å²) >= 11 is 0. The van der Waals surface area contributed by atoms with Crippen molar-refractivity contribution in [1.29, 1.82) is 0 Å². The standard InChI is InChI=1S/C29H31NO5/c1-16(32)34-26-13-23-28-18(12-22-24(33)10-17(15-31)11-25(22)35-28)6-8-29(23,2)27(26)21-5-3-4-19-14-30-9-7-20(19)21/h3-5,7,9,12,14,17,23,26-28,31H,6,8,10-11,13,15H2,1-2H3/t17?,23-,26?,27-,28+,29-/m0/s1. The van der Waals surface area contributed by atoms with E-state index in [9.17, 15) is 14.7 Å². The Balaban J connectivity index is 1.42. The van der Waals surface area contributed by atoms with Gasteiger partial charge in [0.15, 0.2) is 5.78 Å². The van der Waals surface area contributed by atoms with E-state index < -0.39 is 0 Å². The molecule has 0 amide bonds. The SMILES string of the molecule is CC(=O)OC1C[C@H]2[C@@H]3OC4=C(C=C3CC[C@]2(C)[C@H]1c1cccc2cnccc12)C(=O)CC(CO)C4. The van der Waals surface area contributed by atoms with E-state index in [4.69, 9.17) is 9.47 Å². The van der Waals surface area contributed by atoms with E-state index in [1.54, 1.807) is 0 Å². The molecule has 0 radical (unpaired) electrons. The molecule has 6 nitrogen and oxygen atoms in total. The molecule has 0 spiro atoms. The van der Waals surface area contributed by atoms with Crippen LogP contribution >= 0.6 is 0 Å². The van der Waals surface area contributed by atoms with Gasteiger partial charge in [-0.25, -0.2) is 0 Å². The lowest BCUT2D eigenvalue weighted by atomic mass is 9.60. The van der Waals surface area contributed by atoms with Crippen LogP contribution in [0.5, 0.6) is 0 Å². The Morgan fingerprint density at radius 2 is 2.14 bits per heavy atom. The number of pyridine rings is 1. The van der Waals surface area contributed by atoms with Crippen LogP contribution in [0.1, 0.15) is 57.4 Å². The van der Waals surface area contributed by atoms with Gasteiger partial charge in [-0.3, -0.25) is 14.6 Å². The lowest BCUT2D eigenvalue weighted by Crippen LogP contribution is -2.44. The number of esters is 1. The highest BCUT2D eigenvalue weighted by atomic mass is 16.5. The molecule has 3 aliphatic carbocycles. The molecular formula is C29H31NO5. The first-order valence-corrected chi connectivity index (χ1v) is 12.6. The van der Waals surface area contributed by atoms with Crippen molar-refractivity contribution in [1.82, 2.24) is 4.98 Å². The smallest absolute Gasteiger partial charge is 0.302 e. The molecule has 2 fully saturated rings. The fourth-order valence-corrected chi connectivity index (χ4v) is 7.26. The van der Waals surface area contributed by atoms with Crippen LogP contribution in [-0.2, 0) is 19.1 Å². The van der Waals surface area contributed by atoms with Gasteiger partial charge in [-0.2, -0.15) is 0 Å². The van der Waals surface area contributed by atoms with Crippen molar-refractivity contribution in [3.8, 4) is 0 Å². The number of Topliss-reactive ketones (excluding diaryl/α,β-unsaturated/α-hetero) is 1. The van der Waals surface area contributed by atoms with Gasteiger partial charge in [0.2, 0.25) is 0 Å². The number of benzene rings is 1. The zero-order valence-corrected chi connectivity index (χ0v) is 20.2. The number of carbonyl (C=O) groups excluding carboxylic acids is 2. The number of aromatic nitrogens is 1. The second kappa shape index (κ2) is 8.30. The van der Waals surface area contributed by atoms with Crippen LogP contribution < -0.4 is 0 Å². The quantitative estimate of drug-likeness (QED) is 0.655. The van der Waals surface area contributed by atoms with Crippen LogP contribution in [0, 0.1) is 17.3 Å². The zero-order chi connectivity index (χ0) is 24.3. The van der Waals surface area contributed by atoms with Gasteiger partial charge in [0.05, 0.1) is 5.57 Å². The maximum Gasteiger partial charge on any atom is 0.302 e. The number of carbonyl (C=O) groups is 2. The van der Waals surface area contributed by atoms with Gasteiger partial charge < -0.3 is 14.6 Å². The number of ether oxygens (including phenoxy) is 2. The van der Waals surface area contributed by atoms with Crippen LogP contribution in [0.25, 0.3) is 10.8 Å². The first-order valence-electron chi connectivity index (χ1n) is 12.6. The predicted molar refractivity (Wildman–Crippen MR) is 130 cm³/mol. The molecule has 6 heteroatoms. The summed E-state index contributed by atoms with van der Waals surface area (Å²) in [6, 6.07) is 8.35. The van der Waals surface area contributed by atoms with E-state index in [1.807, 2.05) is 12.4 Å². The largest absolute Gasteiger partial charge is 0.489 e. The number of allylic oxidation sites excluding steroid dienone is 3. The summed E-state index contributed by atoms with van der Waals surface area (Å²) < 4.78 is 12.6. The van der Waals surface area contributed by atoms with Crippen LogP contribution in [0.2, 0.25) is 0 Å². The highest BCUT2D eigenvalue weighted by molar-refractivity contribution is 6.00. The predicted octanol–water partition coefficient (Wildman–Crippen LogP) is 4.62. The normalized spacial score (nSPS) is 34.0. The third kappa shape index (κ3) is 3.53. The summed E-state index contributed by atoms with van der Waals surface area (Å²) in [6.45, 7) is 3.79. The molecule has 2 aromatic rings. The van der Waals surface area contributed by atoms with E-state index in [0.717, 1.165) is 29.4 Å². The van der Waals surface area contributed by atoms with Crippen molar-refractivity contribution >= 4 is 22.5 Å². The second-order valence-corrected chi connectivity index (χ2v) is 10.9. The second-order valence-electron chi connectivity index (χ2n) is 10.9. The molecule has 35 heavy (non-hydrogen) atoms. The Morgan fingerprint density at radius 1 is 1.29 bits per heavy atom. The van der Waals surface area contributed by atoms with Gasteiger partial charge in [-0.05, 0) is 59.3 Å². The maximum absolute atomic E-state index is 12.7. The third-order valence-electron chi connectivity index (χ3n) is 8.87. The van der Waals surface area contributed by atoms with E-state index >= 15 is 0 Å². The minimum Gasteiger partial charge on any atom is -0.489 e. The topological polar surface area (TPSA) is 85.7 Å². The van der Waals surface area contributed by atoms with Crippen molar-refractivity contribution in [3.63, 3.8) is 0 Å². The molecule has 2 saturated carbocycles. The minimum atomic E-state index is -0.266. The van der Waals surface area contributed by atoms with Crippen LogP contribution in [0.4, 0.5) is 0 Å². The molecule has 6 rings (SSSR count). The summed E-state index contributed by atoms with van der Waals surface area (Å²) in [7, 11) is 0. The highest BCUT2D eigenvalue weighted by Gasteiger charge is 2.60. The summed E-state index contributed by atoms with van der Waals surface area (Å²) in [4.78, 5) is 29.2. The summed E-state index contributed by atoms with van der Waals surface area (Å²) in [6.07, 6.45) is 8.83. The van der Waals surface area contributed by atoms with Gasteiger partial charge in [0.25, 0.3) is 0 Å². The lowest BCUT2D eigenvalue weighted by Gasteiger charge is -2.48. The average molecular weight is 474 g/mol. The maximum atomic E-state index is 12.7. The van der Waals surface area contributed by atoms with Gasteiger partial charge in [0, 0.05) is 56.0 Å². The van der Waals surface area contributed by atoms with Gasteiger partial charge in [-0.15, -0.1) is 0 Å². The molecule has 1 aromatic heterocycles. The molecule has 1 aliphatic heterocycles. The monoisotopic (exact) mass is 473 g/mol. The highest BCUT2D eigenvalue weighted by Crippen LogP contribution is 2.63. The summed E-state index contributed by atoms with van der Waals surface area (Å²) in [5.41, 5.74) is 2.91. The molecule has 0 bridgehead atoms. The zero-order valence-electron chi connectivity index (χ0n) is 20.2. The van der Waals surface area contributed by atoms with Crippen LogP contribution in [0.3, 0.4) is 0 Å². The average Bonchev–Trinajstić information content (AvgIpc) is 3.14. The number of ketones is 1. The lowest BCUT2D eigenvalue weighted by molar-refractivity contribution is -0.147. The Kier molecular flexibility index (Phi) is 5.33. The van der Waals surface area contributed by atoms with E-state index in [0.29, 0.717) is 24.8 Å². The van der Waals surface area contributed by atoms with Gasteiger partial charge in [0.1, 0.15) is 18.0 Å². The Hall–Kier alpha value is -2.99. The third-order valence-corrected chi connectivity index (χ3v) is 8.87. The molecule has 4 aliphatic rings. The first-order chi connectivity index (χ1) is 16.9. The first kappa shape index (κ1) is 22.5. The van der Waals surface area contributed by atoms with Gasteiger partial charge >= 0.3 is 5.97 Å². The van der Waals surface area contributed by atoms with Crippen molar-refractivity contribution in [3.05, 3.63) is 65.2 Å². The summed E-state index contributed by atoms with van der Waals surface area (Å²) in [5.74, 6) is 0.616. The van der Waals surface area contributed by atoms with Crippen LogP contribution in [-0.4, -0.2) is 40.7 Å². The fourth-order valence-electron chi connectivity index (χ4n) is 7.26. The van der Waals surface area contributed by atoms with Gasteiger partial charge in [-0.1, -0.05) is 25.1 Å². The number of hydrogen-bond acceptors (Lipinski definition) is 6. The van der Waals surface area contributed by atoms with Crippen molar-refractivity contribution in [2.24, 2.45) is 17.3 Å².